The van der Waals surface area contributed by atoms with Crippen molar-refractivity contribution < 1.29 is 4.79 Å². The standard InChI is InChI=1S/C18H16N2O/c19-12-16-5-2-1-4-13(16)11-18(21)15-7-8-17-14(10-15)6-3-9-20-17/h1-10H,11-12,19H2. The van der Waals surface area contributed by atoms with Crippen LogP contribution in [0.4, 0.5) is 0 Å². The van der Waals surface area contributed by atoms with Gasteiger partial charge in [-0.2, -0.15) is 0 Å². The Labute approximate surface area is 123 Å². The van der Waals surface area contributed by atoms with Crippen LogP contribution >= 0.6 is 0 Å². The van der Waals surface area contributed by atoms with Crippen LogP contribution in [0.15, 0.2) is 60.8 Å². The quantitative estimate of drug-likeness (QED) is 0.745. The van der Waals surface area contributed by atoms with Gasteiger partial charge >= 0.3 is 0 Å². The van der Waals surface area contributed by atoms with Gasteiger partial charge in [-0.05, 0) is 35.4 Å². The molecular formula is C18H16N2O. The van der Waals surface area contributed by atoms with Crippen LogP contribution in [0.5, 0.6) is 0 Å². The molecule has 21 heavy (non-hydrogen) atoms. The van der Waals surface area contributed by atoms with Crippen molar-refractivity contribution in [1.29, 1.82) is 0 Å². The number of hydrogen-bond acceptors (Lipinski definition) is 3. The highest BCUT2D eigenvalue weighted by molar-refractivity contribution is 6.00. The molecule has 0 fully saturated rings. The molecule has 0 saturated heterocycles. The summed E-state index contributed by atoms with van der Waals surface area (Å²) in [5.74, 6) is 0.0988. The summed E-state index contributed by atoms with van der Waals surface area (Å²) in [5, 5.41) is 0.982. The van der Waals surface area contributed by atoms with Crippen molar-refractivity contribution in [3.8, 4) is 0 Å². The van der Waals surface area contributed by atoms with E-state index in [1.807, 2.05) is 54.6 Å². The van der Waals surface area contributed by atoms with Crippen LogP contribution in [0.2, 0.25) is 0 Å². The first kappa shape index (κ1) is 13.5. The van der Waals surface area contributed by atoms with Gasteiger partial charge in [-0.15, -0.1) is 0 Å². The van der Waals surface area contributed by atoms with Crippen LogP contribution in [-0.4, -0.2) is 10.8 Å². The molecule has 0 radical (unpaired) electrons. The van der Waals surface area contributed by atoms with Crippen molar-refractivity contribution in [3.63, 3.8) is 0 Å². The lowest BCUT2D eigenvalue weighted by Crippen LogP contribution is -2.08. The van der Waals surface area contributed by atoms with Gasteiger partial charge in [0.25, 0.3) is 0 Å². The van der Waals surface area contributed by atoms with Gasteiger partial charge in [0, 0.05) is 30.1 Å². The minimum absolute atomic E-state index is 0.0988. The Morgan fingerprint density at radius 3 is 2.62 bits per heavy atom. The van der Waals surface area contributed by atoms with Crippen molar-refractivity contribution in [2.24, 2.45) is 5.73 Å². The van der Waals surface area contributed by atoms with Gasteiger partial charge < -0.3 is 5.73 Å². The highest BCUT2D eigenvalue weighted by Gasteiger charge is 2.10. The Morgan fingerprint density at radius 1 is 1.00 bits per heavy atom. The van der Waals surface area contributed by atoms with Gasteiger partial charge in [-0.1, -0.05) is 30.3 Å². The zero-order chi connectivity index (χ0) is 14.7. The van der Waals surface area contributed by atoms with Crippen molar-refractivity contribution in [2.45, 2.75) is 13.0 Å². The zero-order valence-corrected chi connectivity index (χ0v) is 11.6. The number of nitrogens with two attached hydrogens (primary N) is 1. The van der Waals surface area contributed by atoms with Gasteiger partial charge in [0.2, 0.25) is 0 Å². The molecule has 2 aromatic carbocycles. The van der Waals surface area contributed by atoms with Crippen LogP contribution in [0.25, 0.3) is 10.9 Å². The molecule has 0 spiro atoms. The first-order valence-corrected chi connectivity index (χ1v) is 6.93. The molecule has 0 unspecified atom stereocenters. The fraction of sp³-hybridized carbons (Fsp3) is 0.111. The summed E-state index contributed by atoms with van der Waals surface area (Å²) < 4.78 is 0. The SMILES string of the molecule is NCc1ccccc1CC(=O)c1ccc2ncccc2c1. The largest absolute Gasteiger partial charge is 0.326 e. The third-order valence-electron chi connectivity index (χ3n) is 3.61. The van der Waals surface area contributed by atoms with Crippen LogP contribution in [0.1, 0.15) is 21.5 Å². The fourth-order valence-electron chi connectivity index (χ4n) is 2.45. The van der Waals surface area contributed by atoms with Crippen molar-refractivity contribution >= 4 is 16.7 Å². The maximum Gasteiger partial charge on any atom is 0.167 e. The molecule has 0 aliphatic heterocycles. The summed E-state index contributed by atoms with van der Waals surface area (Å²) in [5.41, 5.74) is 9.35. The number of carbonyl (C=O) groups is 1. The monoisotopic (exact) mass is 276 g/mol. The van der Waals surface area contributed by atoms with E-state index in [9.17, 15) is 4.79 Å². The maximum atomic E-state index is 12.5. The lowest BCUT2D eigenvalue weighted by molar-refractivity contribution is 0.0993. The number of ketones is 1. The van der Waals surface area contributed by atoms with Crippen LogP contribution < -0.4 is 5.73 Å². The summed E-state index contributed by atoms with van der Waals surface area (Å²) in [4.78, 5) is 16.7. The first-order chi connectivity index (χ1) is 10.3. The Balaban J connectivity index is 1.90. The average Bonchev–Trinajstić information content (AvgIpc) is 2.55. The predicted octanol–water partition coefficient (Wildman–Crippen LogP) is 3.12. The molecular weight excluding hydrogens is 260 g/mol. The van der Waals surface area contributed by atoms with E-state index in [4.69, 9.17) is 5.73 Å². The molecule has 3 heteroatoms. The number of nitrogens with zero attached hydrogens (tertiary/aromatic N) is 1. The average molecular weight is 276 g/mol. The molecule has 1 aromatic heterocycles. The molecule has 3 nitrogen and oxygen atoms in total. The van der Waals surface area contributed by atoms with E-state index in [-0.39, 0.29) is 5.78 Å². The van der Waals surface area contributed by atoms with Gasteiger partial charge in [-0.3, -0.25) is 9.78 Å². The Bertz CT molecular complexity index is 796. The number of pyridine rings is 1. The van der Waals surface area contributed by atoms with Crippen molar-refractivity contribution in [1.82, 2.24) is 4.98 Å². The normalized spacial score (nSPS) is 10.7. The number of rotatable bonds is 4. The summed E-state index contributed by atoms with van der Waals surface area (Å²) in [6.07, 6.45) is 2.13. The Morgan fingerprint density at radius 2 is 1.81 bits per heavy atom. The number of carbonyl (C=O) groups excluding carboxylic acids is 1. The van der Waals surface area contributed by atoms with Crippen LogP contribution in [0.3, 0.4) is 0 Å². The van der Waals surface area contributed by atoms with E-state index in [2.05, 4.69) is 4.98 Å². The maximum absolute atomic E-state index is 12.5. The summed E-state index contributed by atoms with van der Waals surface area (Å²) in [6, 6.07) is 17.3. The molecule has 1 heterocycles. The Hall–Kier alpha value is -2.52. The number of fused-ring (bicyclic) bond motifs is 1. The molecule has 0 aliphatic carbocycles. The Kier molecular flexibility index (Phi) is 3.75. The van der Waals surface area contributed by atoms with E-state index in [1.54, 1.807) is 6.20 Å². The number of Topliss-reactive ketones (excluding diaryl/α,β-unsaturated/α-hetero) is 1. The molecule has 0 bridgehead atoms. The number of benzene rings is 2. The van der Waals surface area contributed by atoms with Crippen LogP contribution in [-0.2, 0) is 13.0 Å². The van der Waals surface area contributed by atoms with E-state index < -0.39 is 0 Å². The number of hydrogen-bond donors (Lipinski definition) is 1. The lowest BCUT2D eigenvalue weighted by atomic mass is 9.98. The van der Waals surface area contributed by atoms with E-state index in [0.29, 0.717) is 18.5 Å². The van der Waals surface area contributed by atoms with Gasteiger partial charge in [-0.25, -0.2) is 0 Å². The summed E-state index contributed by atoms with van der Waals surface area (Å²) in [6.45, 7) is 0.449. The molecule has 0 aliphatic rings. The topological polar surface area (TPSA) is 56.0 Å². The molecule has 3 aromatic rings. The van der Waals surface area contributed by atoms with Gasteiger partial charge in [0.15, 0.2) is 5.78 Å². The second kappa shape index (κ2) is 5.85. The van der Waals surface area contributed by atoms with Gasteiger partial charge in [0.1, 0.15) is 0 Å². The minimum Gasteiger partial charge on any atom is -0.326 e. The fourth-order valence-corrected chi connectivity index (χ4v) is 2.45. The van der Waals surface area contributed by atoms with E-state index >= 15 is 0 Å². The molecule has 2 N–H and O–H groups in total. The van der Waals surface area contributed by atoms with E-state index in [1.165, 1.54) is 0 Å². The van der Waals surface area contributed by atoms with Crippen molar-refractivity contribution in [2.75, 3.05) is 0 Å². The third kappa shape index (κ3) is 2.83. The highest BCUT2D eigenvalue weighted by Crippen LogP contribution is 2.16. The summed E-state index contributed by atoms with van der Waals surface area (Å²) in [7, 11) is 0. The minimum atomic E-state index is 0.0988. The summed E-state index contributed by atoms with van der Waals surface area (Å²) >= 11 is 0. The molecule has 104 valence electrons. The van der Waals surface area contributed by atoms with E-state index in [0.717, 1.165) is 22.0 Å². The predicted molar refractivity (Wildman–Crippen MR) is 84.1 cm³/mol. The second-order valence-corrected chi connectivity index (χ2v) is 4.98. The molecule has 0 saturated carbocycles. The zero-order valence-electron chi connectivity index (χ0n) is 11.6. The second-order valence-electron chi connectivity index (χ2n) is 4.98. The van der Waals surface area contributed by atoms with Crippen molar-refractivity contribution in [3.05, 3.63) is 77.5 Å². The molecule has 0 amide bonds. The smallest absolute Gasteiger partial charge is 0.167 e. The molecule has 3 rings (SSSR count). The van der Waals surface area contributed by atoms with Crippen LogP contribution in [0, 0.1) is 0 Å². The lowest BCUT2D eigenvalue weighted by Gasteiger charge is -2.07. The molecule has 0 atom stereocenters. The first-order valence-electron chi connectivity index (χ1n) is 6.93. The van der Waals surface area contributed by atoms with Gasteiger partial charge in [0.05, 0.1) is 5.52 Å². The highest BCUT2D eigenvalue weighted by atomic mass is 16.1. The number of aromatic nitrogens is 1. The third-order valence-corrected chi connectivity index (χ3v) is 3.61.